The summed E-state index contributed by atoms with van der Waals surface area (Å²) in [7, 11) is 1.78. The van der Waals surface area contributed by atoms with E-state index in [1.54, 1.807) is 48.3 Å². The SMILES string of the molecule is CN1C(=S)[C@@H](NC(=O)c2n[nH]c(Cc3ccccc3)n2)COc2ccc(C#Cc3ccccc3[N+](=O)[O-])cc21. The Morgan fingerprint density at radius 2 is 1.95 bits per heavy atom. The molecule has 4 aromatic rings. The summed E-state index contributed by atoms with van der Waals surface area (Å²) in [4.78, 5) is 30.2. The lowest BCUT2D eigenvalue weighted by molar-refractivity contribution is -0.385. The molecule has 0 spiro atoms. The second-order valence-electron chi connectivity index (χ2n) is 8.71. The minimum atomic E-state index is -0.609. The van der Waals surface area contributed by atoms with Crippen LogP contribution in [0, 0.1) is 22.0 Å². The number of ether oxygens (including phenoxy) is 1. The molecule has 0 bridgehead atoms. The van der Waals surface area contributed by atoms with E-state index in [1.807, 2.05) is 30.3 Å². The number of carbonyl (C=O) groups is 1. The van der Waals surface area contributed by atoms with Crippen LogP contribution in [-0.4, -0.2) is 50.7 Å². The molecular formula is C28H22N6O4S. The van der Waals surface area contributed by atoms with Gasteiger partial charge in [-0.2, -0.15) is 0 Å². The van der Waals surface area contributed by atoms with Gasteiger partial charge in [-0.25, -0.2) is 4.98 Å². The third kappa shape index (κ3) is 5.76. The monoisotopic (exact) mass is 538 g/mol. The number of aromatic nitrogens is 3. The maximum atomic E-state index is 12.9. The van der Waals surface area contributed by atoms with Crippen LogP contribution < -0.4 is 15.0 Å². The van der Waals surface area contributed by atoms with Crippen LogP contribution in [0.5, 0.6) is 5.75 Å². The molecule has 3 aromatic carbocycles. The molecule has 2 N–H and O–H groups in total. The number of nitro benzene ring substituents is 1. The summed E-state index contributed by atoms with van der Waals surface area (Å²) < 4.78 is 5.96. The minimum absolute atomic E-state index is 0.0145. The number of nitro groups is 1. The van der Waals surface area contributed by atoms with E-state index < -0.39 is 16.9 Å². The van der Waals surface area contributed by atoms with Crippen molar-refractivity contribution in [3.8, 4) is 17.6 Å². The van der Waals surface area contributed by atoms with Gasteiger partial charge in [0.05, 0.1) is 10.6 Å². The molecule has 0 fully saturated rings. The van der Waals surface area contributed by atoms with Crippen LogP contribution in [0.15, 0.2) is 72.8 Å². The van der Waals surface area contributed by atoms with Gasteiger partial charge in [0.25, 0.3) is 11.6 Å². The van der Waals surface area contributed by atoms with E-state index in [2.05, 4.69) is 32.3 Å². The number of rotatable bonds is 5. The van der Waals surface area contributed by atoms with E-state index >= 15 is 0 Å². The predicted molar refractivity (Wildman–Crippen MR) is 149 cm³/mol. The fourth-order valence-corrected chi connectivity index (χ4v) is 4.27. The van der Waals surface area contributed by atoms with Crippen LogP contribution in [0.25, 0.3) is 0 Å². The Balaban J connectivity index is 1.29. The molecular weight excluding hydrogens is 516 g/mol. The highest BCUT2D eigenvalue weighted by atomic mass is 32.1. The molecule has 1 aliphatic heterocycles. The first-order valence-corrected chi connectivity index (χ1v) is 12.4. The van der Waals surface area contributed by atoms with Gasteiger partial charge >= 0.3 is 0 Å². The number of carbonyl (C=O) groups excluding carboxylic acids is 1. The maximum absolute atomic E-state index is 12.9. The van der Waals surface area contributed by atoms with Gasteiger partial charge in [0.1, 0.15) is 34.8 Å². The number of nitrogens with one attached hydrogen (secondary N) is 2. The summed E-state index contributed by atoms with van der Waals surface area (Å²) in [5.74, 6) is 6.53. The number of likely N-dealkylation sites (N-methyl/N-ethyl adjacent to an activating group) is 1. The average Bonchev–Trinajstić information content (AvgIpc) is 3.38. The Labute approximate surface area is 229 Å². The highest BCUT2D eigenvalue weighted by molar-refractivity contribution is 7.80. The Morgan fingerprint density at radius 3 is 2.74 bits per heavy atom. The quantitative estimate of drug-likeness (QED) is 0.171. The molecule has 0 saturated heterocycles. The number of amides is 1. The Kier molecular flexibility index (Phi) is 7.29. The van der Waals surface area contributed by atoms with E-state index in [1.165, 1.54) is 6.07 Å². The van der Waals surface area contributed by atoms with Crippen LogP contribution in [0.1, 0.15) is 33.1 Å². The lowest BCUT2D eigenvalue weighted by Gasteiger charge is -2.23. The van der Waals surface area contributed by atoms with E-state index in [9.17, 15) is 14.9 Å². The molecule has 1 atom stereocenters. The van der Waals surface area contributed by atoms with Gasteiger partial charge in [0.15, 0.2) is 0 Å². The summed E-state index contributed by atoms with van der Waals surface area (Å²) in [6.45, 7) is 0.116. The fraction of sp³-hybridized carbons (Fsp3) is 0.143. The van der Waals surface area contributed by atoms with Crippen molar-refractivity contribution in [3.05, 3.63) is 111 Å². The number of H-pyrrole nitrogens is 1. The third-order valence-electron chi connectivity index (χ3n) is 6.05. The van der Waals surface area contributed by atoms with Crippen LogP contribution in [0.2, 0.25) is 0 Å². The Morgan fingerprint density at radius 1 is 1.18 bits per heavy atom. The molecule has 5 rings (SSSR count). The fourth-order valence-electron chi connectivity index (χ4n) is 4.05. The smallest absolute Gasteiger partial charge is 0.291 e. The van der Waals surface area contributed by atoms with E-state index in [0.29, 0.717) is 39.8 Å². The number of nitrogens with zero attached hydrogens (tertiary/aromatic N) is 4. The van der Waals surface area contributed by atoms with E-state index in [0.717, 1.165) is 5.56 Å². The Hall–Kier alpha value is -5.08. The predicted octanol–water partition coefficient (Wildman–Crippen LogP) is 3.66. The van der Waals surface area contributed by atoms with E-state index in [-0.39, 0.29) is 18.1 Å². The molecule has 10 nitrogen and oxygen atoms in total. The highest BCUT2D eigenvalue weighted by Crippen LogP contribution is 2.32. The second kappa shape index (κ2) is 11.1. The molecule has 0 unspecified atom stereocenters. The first kappa shape index (κ1) is 25.6. The van der Waals surface area contributed by atoms with Gasteiger partial charge in [0, 0.05) is 25.1 Å². The summed E-state index contributed by atoms with van der Waals surface area (Å²) >= 11 is 5.67. The molecule has 1 aromatic heterocycles. The molecule has 0 aliphatic carbocycles. The lowest BCUT2D eigenvalue weighted by atomic mass is 10.1. The largest absolute Gasteiger partial charge is 0.489 e. The van der Waals surface area contributed by atoms with Crippen molar-refractivity contribution in [3.63, 3.8) is 0 Å². The third-order valence-corrected chi connectivity index (χ3v) is 6.61. The average molecular weight is 539 g/mol. The first-order valence-electron chi connectivity index (χ1n) is 11.9. The molecule has 0 saturated carbocycles. The number of anilines is 1. The molecule has 194 valence electrons. The molecule has 39 heavy (non-hydrogen) atoms. The second-order valence-corrected chi connectivity index (χ2v) is 9.13. The summed E-state index contributed by atoms with van der Waals surface area (Å²) in [5, 5.41) is 21.0. The van der Waals surface area contributed by atoms with Crippen LogP contribution in [0.3, 0.4) is 0 Å². The van der Waals surface area contributed by atoms with Crippen molar-refractivity contribution in [1.29, 1.82) is 0 Å². The molecule has 1 amide bonds. The molecule has 1 aliphatic rings. The highest BCUT2D eigenvalue weighted by Gasteiger charge is 2.29. The molecule has 11 heteroatoms. The number of thiocarbonyl (C=S) groups is 1. The molecule has 0 radical (unpaired) electrons. The minimum Gasteiger partial charge on any atom is -0.489 e. The zero-order valence-electron chi connectivity index (χ0n) is 20.7. The lowest BCUT2D eigenvalue weighted by Crippen LogP contribution is -2.48. The van der Waals surface area contributed by atoms with Crippen molar-refractivity contribution in [1.82, 2.24) is 20.5 Å². The van der Waals surface area contributed by atoms with Crippen LogP contribution in [-0.2, 0) is 6.42 Å². The van der Waals surface area contributed by atoms with Gasteiger partial charge in [-0.05, 0) is 29.8 Å². The number of benzene rings is 3. The number of aromatic amines is 1. The first-order chi connectivity index (χ1) is 18.9. The van der Waals surface area contributed by atoms with Crippen molar-refractivity contribution >= 4 is 34.5 Å². The zero-order valence-corrected chi connectivity index (χ0v) is 21.6. The maximum Gasteiger partial charge on any atom is 0.291 e. The summed E-state index contributed by atoms with van der Waals surface area (Å²) in [5.41, 5.74) is 2.59. The molecule has 2 heterocycles. The topological polar surface area (TPSA) is 126 Å². The Bertz CT molecular complexity index is 1630. The van der Waals surface area contributed by atoms with Gasteiger partial charge < -0.3 is 15.0 Å². The van der Waals surface area contributed by atoms with Crippen molar-refractivity contribution < 1.29 is 14.5 Å². The number of hydrogen-bond donors (Lipinski definition) is 2. The van der Waals surface area contributed by atoms with Crippen molar-refractivity contribution in [2.45, 2.75) is 12.5 Å². The van der Waals surface area contributed by atoms with E-state index in [4.69, 9.17) is 17.0 Å². The summed E-state index contributed by atoms with van der Waals surface area (Å²) in [6, 6.07) is 20.8. The van der Waals surface area contributed by atoms with Crippen molar-refractivity contribution in [2.75, 3.05) is 18.6 Å². The number of hydrogen-bond acceptors (Lipinski definition) is 7. The number of para-hydroxylation sites is 1. The zero-order chi connectivity index (χ0) is 27.4. The van der Waals surface area contributed by atoms with Gasteiger partial charge in [0.2, 0.25) is 5.82 Å². The van der Waals surface area contributed by atoms with Crippen LogP contribution >= 0.6 is 12.2 Å². The van der Waals surface area contributed by atoms with Crippen molar-refractivity contribution in [2.24, 2.45) is 0 Å². The van der Waals surface area contributed by atoms with Crippen LogP contribution in [0.4, 0.5) is 11.4 Å². The van der Waals surface area contributed by atoms with Gasteiger partial charge in [-0.15, -0.1) is 5.10 Å². The van der Waals surface area contributed by atoms with Gasteiger partial charge in [-0.1, -0.05) is 66.5 Å². The normalized spacial score (nSPS) is 14.3. The van der Waals surface area contributed by atoms with Gasteiger partial charge in [-0.3, -0.25) is 20.0 Å². The summed E-state index contributed by atoms with van der Waals surface area (Å²) in [6.07, 6.45) is 0.521. The number of fused-ring (bicyclic) bond motifs is 1. The standard InChI is InChI=1S/C28H22N6O4S/c1-33-23-15-19(11-13-20-9-5-6-10-22(20)34(36)37)12-14-24(23)38-17-21(28(33)39)29-27(35)26-30-25(31-32-26)16-18-7-3-2-4-8-18/h2-10,12,14-15,21H,16-17H2,1H3,(H,29,35)(H,30,31,32)/t21-/m0/s1.